The molecule has 1 aliphatic heterocycles. The molecular weight excluding hydrogens is 344 g/mol. The molecule has 0 aromatic heterocycles. The number of aliphatic hydroxyl groups is 1. The lowest BCUT2D eigenvalue weighted by Crippen LogP contribution is -2.40. The molecule has 0 spiro atoms. The Morgan fingerprint density at radius 3 is 2.52 bits per heavy atom. The summed E-state index contributed by atoms with van der Waals surface area (Å²) >= 11 is 0. The van der Waals surface area contributed by atoms with Crippen LogP contribution in [0.2, 0.25) is 0 Å². The average Bonchev–Trinajstić information content (AvgIpc) is 2.86. The molecular formula is C21H24N2O4. The number of carbonyl (C=O) groups excluding carboxylic acids is 2. The molecule has 3 amide bonds. The minimum atomic E-state index is -0.972. The molecule has 2 aromatic rings. The predicted octanol–water partition coefficient (Wildman–Crippen LogP) is 2.90. The Bertz CT molecular complexity index is 837. The maximum Gasteiger partial charge on any atom is 0.332 e. The van der Waals surface area contributed by atoms with Crippen molar-refractivity contribution in [3.63, 3.8) is 0 Å². The van der Waals surface area contributed by atoms with Gasteiger partial charge in [-0.05, 0) is 50.1 Å². The highest BCUT2D eigenvalue weighted by Crippen LogP contribution is 2.26. The standard InChI is InChI=1S/C21H24N2O4/c1-14-9-10-15(2)19(11-14)27-13-18(24)12-22-20(25)16(3)23(21(22)26)17-7-5-4-6-8-17/h4-11,16,18,24H,12-13H2,1-3H3. The Kier molecular flexibility index (Phi) is 5.46. The van der Waals surface area contributed by atoms with E-state index in [1.165, 1.54) is 4.90 Å². The van der Waals surface area contributed by atoms with Gasteiger partial charge in [-0.25, -0.2) is 4.79 Å². The van der Waals surface area contributed by atoms with E-state index in [9.17, 15) is 14.7 Å². The molecule has 0 aliphatic carbocycles. The zero-order valence-corrected chi connectivity index (χ0v) is 15.8. The molecule has 0 radical (unpaired) electrons. The van der Waals surface area contributed by atoms with E-state index in [1.54, 1.807) is 19.1 Å². The third kappa shape index (κ3) is 3.95. The van der Waals surface area contributed by atoms with E-state index in [0.29, 0.717) is 11.4 Å². The Hall–Kier alpha value is -2.86. The number of anilines is 1. The molecule has 1 fully saturated rings. The van der Waals surface area contributed by atoms with Gasteiger partial charge in [0.1, 0.15) is 24.5 Å². The third-order valence-electron chi connectivity index (χ3n) is 4.65. The summed E-state index contributed by atoms with van der Waals surface area (Å²) in [6, 6.07) is 13.8. The van der Waals surface area contributed by atoms with Crippen LogP contribution in [-0.2, 0) is 4.79 Å². The highest BCUT2D eigenvalue weighted by atomic mass is 16.5. The van der Waals surface area contributed by atoms with Gasteiger partial charge in [0.15, 0.2) is 0 Å². The fourth-order valence-electron chi connectivity index (χ4n) is 3.13. The molecule has 2 unspecified atom stereocenters. The summed E-state index contributed by atoms with van der Waals surface area (Å²) in [5.41, 5.74) is 2.68. The van der Waals surface area contributed by atoms with Crippen molar-refractivity contribution in [2.45, 2.75) is 32.9 Å². The normalized spacial score (nSPS) is 18.1. The van der Waals surface area contributed by atoms with Crippen molar-refractivity contribution in [2.75, 3.05) is 18.1 Å². The number of amides is 3. The molecule has 0 saturated carbocycles. The summed E-state index contributed by atoms with van der Waals surface area (Å²) in [4.78, 5) is 27.8. The van der Waals surface area contributed by atoms with Gasteiger partial charge in [-0.2, -0.15) is 0 Å². The molecule has 142 valence electrons. The zero-order chi connectivity index (χ0) is 19.6. The molecule has 1 aliphatic rings. The number of rotatable bonds is 6. The van der Waals surface area contributed by atoms with Gasteiger partial charge in [-0.15, -0.1) is 0 Å². The lowest BCUT2D eigenvalue weighted by atomic mass is 10.1. The first-order valence-electron chi connectivity index (χ1n) is 8.96. The van der Waals surface area contributed by atoms with Crippen molar-refractivity contribution in [1.29, 1.82) is 0 Å². The summed E-state index contributed by atoms with van der Waals surface area (Å²) in [5, 5.41) is 10.3. The number of hydrogen-bond acceptors (Lipinski definition) is 4. The molecule has 3 rings (SSSR count). The van der Waals surface area contributed by atoms with Gasteiger partial charge in [0, 0.05) is 5.69 Å². The zero-order valence-electron chi connectivity index (χ0n) is 15.8. The first-order chi connectivity index (χ1) is 12.9. The lowest BCUT2D eigenvalue weighted by Gasteiger charge is -2.21. The highest BCUT2D eigenvalue weighted by molar-refractivity contribution is 6.14. The van der Waals surface area contributed by atoms with Gasteiger partial charge in [-0.3, -0.25) is 14.6 Å². The van der Waals surface area contributed by atoms with Crippen LogP contribution in [0.25, 0.3) is 0 Å². The van der Waals surface area contributed by atoms with Crippen LogP contribution in [0.5, 0.6) is 5.75 Å². The number of hydrogen-bond donors (Lipinski definition) is 1. The summed E-state index contributed by atoms with van der Waals surface area (Å²) in [5.74, 6) is 0.363. The van der Waals surface area contributed by atoms with Crippen LogP contribution < -0.4 is 9.64 Å². The first-order valence-corrected chi connectivity index (χ1v) is 8.96. The number of nitrogens with zero attached hydrogens (tertiary/aromatic N) is 2. The van der Waals surface area contributed by atoms with Crippen molar-refractivity contribution in [1.82, 2.24) is 4.90 Å². The van der Waals surface area contributed by atoms with Crippen molar-refractivity contribution >= 4 is 17.6 Å². The van der Waals surface area contributed by atoms with E-state index in [0.717, 1.165) is 16.0 Å². The number of aliphatic hydroxyl groups excluding tert-OH is 1. The number of imide groups is 1. The topological polar surface area (TPSA) is 70.1 Å². The molecule has 6 heteroatoms. The van der Waals surface area contributed by atoms with Crippen molar-refractivity contribution in [3.8, 4) is 5.75 Å². The minimum absolute atomic E-state index is 0.00106. The molecule has 1 heterocycles. The monoisotopic (exact) mass is 368 g/mol. The molecule has 27 heavy (non-hydrogen) atoms. The molecule has 2 atom stereocenters. The molecule has 6 nitrogen and oxygen atoms in total. The Morgan fingerprint density at radius 1 is 1.11 bits per heavy atom. The number of carbonyl (C=O) groups is 2. The SMILES string of the molecule is Cc1ccc(C)c(OCC(O)CN2C(=O)C(C)N(c3ccccc3)C2=O)c1. The van der Waals surface area contributed by atoms with Crippen LogP contribution in [0.1, 0.15) is 18.1 Å². The average molecular weight is 368 g/mol. The largest absolute Gasteiger partial charge is 0.491 e. The summed E-state index contributed by atoms with van der Waals surface area (Å²) < 4.78 is 5.69. The van der Waals surface area contributed by atoms with Gasteiger partial charge in [0.05, 0.1) is 6.54 Å². The van der Waals surface area contributed by atoms with E-state index in [1.807, 2.05) is 50.2 Å². The van der Waals surface area contributed by atoms with Crippen molar-refractivity contribution in [3.05, 3.63) is 59.7 Å². The Balaban J connectivity index is 1.65. The fraction of sp³-hybridized carbons (Fsp3) is 0.333. The van der Waals surface area contributed by atoms with Gasteiger partial charge in [0.2, 0.25) is 0 Å². The Labute approximate surface area is 159 Å². The number of aryl methyl sites for hydroxylation is 2. The van der Waals surface area contributed by atoms with Crippen LogP contribution >= 0.6 is 0 Å². The minimum Gasteiger partial charge on any atom is -0.491 e. The third-order valence-corrected chi connectivity index (χ3v) is 4.65. The Morgan fingerprint density at radius 2 is 1.81 bits per heavy atom. The smallest absolute Gasteiger partial charge is 0.332 e. The predicted molar refractivity (Wildman–Crippen MR) is 103 cm³/mol. The molecule has 1 N–H and O–H groups in total. The molecule has 2 aromatic carbocycles. The number of para-hydroxylation sites is 1. The van der Waals surface area contributed by atoms with E-state index < -0.39 is 18.2 Å². The van der Waals surface area contributed by atoms with Gasteiger partial charge >= 0.3 is 6.03 Å². The van der Waals surface area contributed by atoms with Crippen LogP contribution in [0.3, 0.4) is 0 Å². The van der Waals surface area contributed by atoms with Crippen molar-refractivity contribution in [2.24, 2.45) is 0 Å². The summed E-state index contributed by atoms with van der Waals surface area (Å²) in [6.45, 7) is 5.47. The van der Waals surface area contributed by atoms with Gasteiger partial charge in [-0.1, -0.05) is 30.3 Å². The van der Waals surface area contributed by atoms with Crippen LogP contribution in [0, 0.1) is 13.8 Å². The van der Waals surface area contributed by atoms with Gasteiger partial charge < -0.3 is 9.84 Å². The number of ether oxygens (including phenoxy) is 1. The maximum absolute atomic E-state index is 12.7. The van der Waals surface area contributed by atoms with E-state index >= 15 is 0 Å². The fourth-order valence-corrected chi connectivity index (χ4v) is 3.13. The number of urea groups is 1. The van der Waals surface area contributed by atoms with Crippen molar-refractivity contribution < 1.29 is 19.4 Å². The van der Waals surface area contributed by atoms with Gasteiger partial charge in [0.25, 0.3) is 5.91 Å². The van der Waals surface area contributed by atoms with E-state index in [2.05, 4.69) is 0 Å². The number of benzene rings is 2. The second-order valence-electron chi connectivity index (χ2n) is 6.85. The second-order valence-corrected chi connectivity index (χ2v) is 6.85. The van der Waals surface area contributed by atoms with Crippen LogP contribution in [-0.4, -0.2) is 47.2 Å². The lowest BCUT2D eigenvalue weighted by molar-refractivity contribution is -0.128. The molecule has 0 bridgehead atoms. The second kappa shape index (κ2) is 7.80. The number of β-amino-alcohol motifs (C(OH)–C–C–N with tert-alkyl or cyclic N) is 1. The van der Waals surface area contributed by atoms with E-state index in [-0.39, 0.29) is 19.1 Å². The highest BCUT2D eigenvalue weighted by Gasteiger charge is 2.43. The summed E-state index contributed by atoms with van der Waals surface area (Å²) in [6.07, 6.45) is -0.972. The molecule has 1 saturated heterocycles. The maximum atomic E-state index is 12.7. The van der Waals surface area contributed by atoms with E-state index in [4.69, 9.17) is 4.74 Å². The quantitative estimate of drug-likeness (QED) is 0.796. The van der Waals surface area contributed by atoms with Crippen LogP contribution in [0.15, 0.2) is 48.5 Å². The van der Waals surface area contributed by atoms with Crippen LogP contribution in [0.4, 0.5) is 10.5 Å². The first kappa shape index (κ1) is 18.9. The summed E-state index contributed by atoms with van der Waals surface area (Å²) in [7, 11) is 0.